The molecule has 0 unspecified atom stereocenters. The molecule has 0 aliphatic rings. The van der Waals surface area contributed by atoms with E-state index in [-0.39, 0.29) is 36.0 Å². The fraction of sp³-hybridized carbons (Fsp3) is 0.0690. The van der Waals surface area contributed by atoms with E-state index in [1.54, 1.807) is 0 Å². The van der Waals surface area contributed by atoms with E-state index < -0.39 is 5.97 Å². The van der Waals surface area contributed by atoms with Gasteiger partial charge in [0.1, 0.15) is 0 Å². The van der Waals surface area contributed by atoms with Crippen molar-refractivity contribution in [3.8, 4) is 22.3 Å². The van der Waals surface area contributed by atoms with Crippen molar-refractivity contribution in [2.75, 3.05) is 0 Å². The largest absolute Gasteiger partial charge is 1.00 e. The predicted octanol–water partition coefficient (Wildman–Crippen LogP) is 3.48. The van der Waals surface area contributed by atoms with Crippen LogP contribution in [0.3, 0.4) is 0 Å². The summed E-state index contributed by atoms with van der Waals surface area (Å²) in [4.78, 5) is 9.26. The Hall–Kier alpha value is -2.91. The standard InChI is InChI=1S/C26H18.C3H6O2.Na/c1-3-11-19(12-4-1)25-21-15-7-9-17-23(21)26(20-13-5-2-6-14-20)24-18-10-8-16-22(24)25;1-2-3(4)5;/h1-18H;2H2,1H3,(H,4,5);/q;;+1/p-1. The van der Waals surface area contributed by atoms with Gasteiger partial charge in [0.2, 0.25) is 0 Å². The topological polar surface area (TPSA) is 40.1 Å². The van der Waals surface area contributed by atoms with Crippen molar-refractivity contribution in [2.24, 2.45) is 0 Å². The molecule has 0 bridgehead atoms. The van der Waals surface area contributed by atoms with Crippen molar-refractivity contribution in [3.63, 3.8) is 0 Å². The van der Waals surface area contributed by atoms with Crippen LogP contribution in [-0.2, 0) is 4.79 Å². The molecule has 0 amide bonds. The van der Waals surface area contributed by atoms with E-state index in [0.29, 0.717) is 0 Å². The Bertz CT molecular complexity index is 1170. The number of carboxylic acids is 1. The van der Waals surface area contributed by atoms with Crippen molar-refractivity contribution < 1.29 is 39.5 Å². The smallest absolute Gasteiger partial charge is 0.550 e. The molecule has 2 nitrogen and oxygen atoms in total. The number of hydrogen-bond donors (Lipinski definition) is 0. The minimum Gasteiger partial charge on any atom is -0.550 e. The van der Waals surface area contributed by atoms with Crippen LogP contribution in [-0.4, -0.2) is 5.97 Å². The average Bonchev–Trinajstić information content (AvgIpc) is 2.84. The molecular weight excluding hydrogens is 403 g/mol. The van der Waals surface area contributed by atoms with Gasteiger partial charge in [-0.05, 0) is 50.2 Å². The Kier molecular flexibility index (Phi) is 8.24. The van der Waals surface area contributed by atoms with Crippen LogP contribution < -0.4 is 34.7 Å². The molecule has 3 heteroatoms. The van der Waals surface area contributed by atoms with Gasteiger partial charge in [0, 0.05) is 5.97 Å². The van der Waals surface area contributed by atoms with Gasteiger partial charge in [-0.2, -0.15) is 0 Å². The molecule has 0 aliphatic carbocycles. The van der Waals surface area contributed by atoms with Gasteiger partial charge < -0.3 is 9.90 Å². The number of fused-ring (bicyclic) bond motifs is 2. The first kappa shape index (κ1) is 23.7. The molecule has 0 heterocycles. The number of benzene rings is 5. The van der Waals surface area contributed by atoms with Crippen LogP contribution in [0.5, 0.6) is 0 Å². The summed E-state index contributed by atoms with van der Waals surface area (Å²) in [7, 11) is 0. The Morgan fingerprint density at radius 2 is 0.812 bits per heavy atom. The fourth-order valence-corrected chi connectivity index (χ4v) is 3.96. The molecule has 0 fully saturated rings. The number of aliphatic carboxylic acids is 1. The molecule has 5 rings (SSSR count). The number of rotatable bonds is 3. The van der Waals surface area contributed by atoms with Gasteiger partial charge in [-0.25, -0.2) is 0 Å². The predicted molar refractivity (Wildman–Crippen MR) is 128 cm³/mol. The summed E-state index contributed by atoms with van der Waals surface area (Å²) in [5.41, 5.74) is 5.16. The maximum Gasteiger partial charge on any atom is 1.00 e. The van der Waals surface area contributed by atoms with Crippen molar-refractivity contribution in [3.05, 3.63) is 109 Å². The summed E-state index contributed by atoms with van der Waals surface area (Å²) in [5, 5.41) is 14.5. The normalized spacial score (nSPS) is 10.2. The van der Waals surface area contributed by atoms with Crippen LogP contribution in [0, 0.1) is 0 Å². The Morgan fingerprint density at radius 3 is 1.06 bits per heavy atom. The van der Waals surface area contributed by atoms with Crippen molar-refractivity contribution in [1.82, 2.24) is 0 Å². The SMILES string of the molecule is CCC(=O)[O-].[Na+].c1ccc(-c2c3ccccc3c(-c3ccccc3)c3ccccc23)cc1. The summed E-state index contributed by atoms with van der Waals surface area (Å²) in [6.45, 7) is 1.54. The van der Waals surface area contributed by atoms with E-state index in [1.807, 2.05) is 0 Å². The zero-order valence-electron chi connectivity index (χ0n) is 18.4. The molecule has 0 atom stereocenters. The van der Waals surface area contributed by atoms with Crippen molar-refractivity contribution in [2.45, 2.75) is 13.3 Å². The molecule has 152 valence electrons. The van der Waals surface area contributed by atoms with Gasteiger partial charge in [-0.3, -0.25) is 0 Å². The van der Waals surface area contributed by atoms with Crippen LogP contribution in [0.25, 0.3) is 43.8 Å². The third-order valence-corrected chi connectivity index (χ3v) is 5.35. The first-order chi connectivity index (χ1) is 15.2. The zero-order chi connectivity index (χ0) is 21.6. The molecule has 0 spiro atoms. The van der Waals surface area contributed by atoms with Crippen LogP contribution in [0.1, 0.15) is 13.3 Å². The van der Waals surface area contributed by atoms with Crippen molar-refractivity contribution in [1.29, 1.82) is 0 Å². The van der Waals surface area contributed by atoms with Crippen LogP contribution >= 0.6 is 0 Å². The average molecular weight is 426 g/mol. The van der Waals surface area contributed by atoms with Crippen LogP contribution in [0.15, 0.2) is 109 Å². The van der Waals surface area contributed by atoms with Gasteiger partial charge in [-0.15, -0.1) is 0 Å². The second-order valence-corrected chi connectivity index (χ2v) is 7.30. The van der Waals surface area contributed by atoms with E-state index in [4.69, 9.17) is 0 Å². The van der Waals surface area contributed by atoms with E-state index in [0.717, 1.165) is 0 Å². The van der Waals surface area contributed by atoms with Gasteiger partial charge in [0.05, 0.1) is 0 Å². The molecule has 0 radical (unpaired) electrons. The first-order valence-corrected chi connectivity index (χ1v) is 10.4. The first-order valence-electron chi connectivity index (χ1n) is 10.4. The van der Waals surface area contributed by atoms with Gasteiger partial charge in [0.25, 0.3) is 0 Å². The number of carbonyl (C=O) groups excluding carboxylic acids is 1. The Morgan fingerprint density at radius 1 is 0.562 bits per heavy atom. The van der Waals surface area contributed by atoms with Gasteiger partial charge >= 0.3 is 29.6 Å². The molecule has 32 heavy (non-hydrogen) atoms. The quantitative estimate of drug-likeness (QED) is 0.327. The summed E-state index contributed by atoms with van der Waals surface area (Å²) in [6, 6.07) is 39.0. The Labute approximate surface area is 210 Å². The van der Waals surface area contributed by atoms with Crippen LogP contribution in [0.2, 0.25) is 0 Å². The number of carboxylic acid groups (broad SMARTS) is 1. The molecule has 5 aromatic carbocycles. The van der Waals surface area contributed by atoms with E-state index in [1.165, 1.54) is 50.7 Å². The van der Waals surface area contributed by atoms with E-state index in [9.17, 15) is 9.90 Å². The molecule has 0 saturated heterocycles. The molecule has 0 saturated carbocycles. The van der Waals surface area contributed by atoms with E-state index >= 15 is 0 Å². The maximum absolute atomic E-state index is 9.26. The second-order valence-electron chi connectivity index (χ2n) is 7.30. The molecule has 5 aromatic rings. The zero-order valence-corrected chi connectivity index (χ0v) is 20.4. The van der Waals surface area contributed by atoms with Crippen molar-refractivity contribution >= 4 is 27.5 Å². The summed E-state index contributed by atoms with van der Waals surface area (Å²) in [6.07, 6.45) is 0.111. The molecule has 0 N–H and O–H groups in total. The summed E-state index contributed by atoms with van der Waals surface area (Å²) >= 11 is 0. The number of carbonyl (C=O) groups is 1. The second kappa shape index (κ2) is 11.1. The molecule has 0 aliphatic heterocycles. The van der Waals surface area contributed by atoms with Gasteiger partial charge in [-0.1, -0.05) is 116 Å². The monoisotopic (exact) mass is 426 g/mol. The number of hydrogen-bond acceptors (Lipinski definition) is 2. The maximum atomic E-state index is 9.26. The molecular formula is C29H23NaO2. The minimum absolute atomic E-state index is 0. The van der Waals surface area contributed by atoms with Gasteiger partial charge in [0.15, 0.2) is 0 Å². The Balaban J connectivity index is 0.000000438. The van der Waals surface area contributed by atoms with E-state index in [2.05, 4.69) is 109 Å². The third kappa shape index (κ3) is 4.94. The third-order valence-electron chi connectivity index (χ3n) is 5.35. The van der Waals surface area contributed by atoms with Crippen LogP contribution in [0.4, 0.5) is 0 Å². The molecule has 0 aromatic heterocycles. The fourth-order valence-electron chi connectivity index (χ4n) is 3.96. The summed E-state index contributed by atoms with van der Waals surface area (Å²) < 4.78 is 0. The minimum atomic E-state index is -0.995. The summed E-state index contributed by atoms with van der Waals surface area (Å²) in [5.74, 6) is -0.995.